The molecule has 0 fully saturated rings. The number of rotatable bonds is 5. The zero-order valence-electron chi connectivity index (χ0n) is 14.4. The largest absolute Gasteiger partial charge is 0.467 e. The summed E-state index contributed by atoms with van der Waals surface area (Å²) in [7, 11) is 1.19. The summed E-state index contributed by atoms with van der Waals surface area (Å²) in [5.74, 6) is -3.24. The Morgan fingerprint density at radius 3 is 2.48 bits per heavy atom. The fourth-order valence-electron chi connectivity index (χ4n) is 2.69. The van der Waals surface area contributed by atoms with Crippen LogP contribution in [0.4, 0.5) is 8.78 Å². The number of hydrogen-bond acceptors (Lipinski definition) is 4. The molecular weight excluding hydrogens is 354 g/mol. The fraction of sp³-hybridized carbons (Fsp3) is 0.150. The Balaban J connectivity index is 1.82. The molecule has 138 valence electrons. The van der Waals surface area contributed by atoms with E-state index in [2.05, 4.69) is 10.3 Å². The van der Waals surface area contributed by atoms with Gasteiger partial charge in [0.05, 0.1) is 12.6 Å². The van der Waals surface area contributed by atoms with Gasteiger partial charge in [0.1, 0.15) is 17.7 Å². The molecule has 2 aromatic carbocycles. The van der Waals surface area contributed by atoms with Crippen LogP contribution in [0.2, 0.25) is 0 Å². The lowest BCUT2D eigenvalue weighted by molar-refractivity contribution is -0.142. The Morgan fingerprint density at radius 1 is 1.07 bits per heavy atom. The van der Waals surface area contributed by atoms with Crippen LogP contribution >= 0.6 is 0 Å². The first-order valence-corrected chi connectivity index (χ1v) is 8.16. The van der Waals surface area contributed by atoms with Crippen molar-refractivity contribution in [1.29, 1.82) is 0 Å². The van der Waals surface area contributed by atoms with Crippen molar-refractivity contribution in [2.24, 2.45) is 0 Å². The van der Waals surface area contributed by atoms with Crippen LogP contribution in [0.15, 0.2) is 54.6 Å². The average Bonchev–Trinajstić information content (AvgIpc) is 2.66. The molecule has 1 amide bonds. The maximum Gasteiger partial charge on any atom is 0.328 e. The molecule has 0 bridgehead atoms. The lowest BCUT2D eigenvalue weighted by Crippen LogP contribution is -2.43. The van der Waals surface area contributed by atoms with Crippen molar-refractivity contribution in [3.8, 4) is 0 Å². The van der Waals surface area contributed by atoms with E-state index in [1.54, 1.807) is 6.07 Å². The molecule has 0 aliphatic heterocycles. The summed E-state index contributed by atoms with van der Waals surface area (Å²) in [6, 6.07) is 12.5. The zero-order valence-corrected chi connectivity index (χ0v) is 14.4. The zero-order chi connectivity index (χ0) is 19.4. The van der Waals surface area contributed by atoms with E-state index < -0.39 is 29.6 Å². The quantitative estimate of drug-likeness (QED) is 0.701. The highest BCUT2D eigenvalue weighted by Crippen LogP contribution is 2.14. The first kappa shape index (κ1) is 18.4. The summed E-state index contributed by atoms with van der Waals surface area (Å²) in [5.41, 5.74) is 1.08. The van der Waals surface area contributed by atoms with E-state index in [-0.39, 0.29) is 12.0 Å². The number of nitrogens with zero attached hydrogens (tertiary/aromatic N) is 1. The smallest absolute Gasteiger partial charge is 0.328 e. The molecule has 0 saturated heterocycles. The molecule has 27 heavy (non-hydrogen) atoms. The number of carbonyl (C=O) groups excluding carboxylic acids is 2. The Labute approximate surface area is 154 Å². The maximum atomic E-state index is 13.3. The Morgan fingerprint density at radius 2 is 1.78 bits per heavy atom. The van der Waals surface area contributed by atoms with Gasteiger partial charge in [-0.3, -0.25) is 9.78 Å². The second kappa shape index (κ2) is 7.90. The van der Waals surface area contributed by atoms with E-state index in [9.17, 15) is 18.4 Å². The van der Waals surface area contributed by atoms with Crippen molar-refractivity contribution in [2.45, 2.75) is 12.5 Å². The van der Waals surface area contributed by atoms with Gasteiger partial charge in [0.15, 0.2) is 0 Å². The highest BCUT2D eigenvalue weighted by atomic mass is 19.1. The van der Waals surface area contributed by atoms with Gasteiger partial charge in [0.2, 0.25) is 0 Å². The second-order valence-electron chi connectivity index (χ2n) is 5.91. The molecule has 0 aliphatic carbocycles. The van der Waals surface area contributed by atoms with Gasteiger partial charge in [-0.25, -0.2) is 13.6 Å². The minimum atomic E-state index is -1.05. The number of esters is 1. The first-order chi connectivity index (χ1) is 13.0. The summed E-state index contributed by atoms with van der Waals surface area (Å²) in [6.07, 6.45) is 0.0705. The summed E-state index contributed by atoms with van der Waals surface area (Å²) in [4.78, 5) is 28.8. The number of aromatic nitrogens is 1. The van der Waals surface area contributed by atoms with E-state index >= 15 is 0 Å². The van der Waals surface area contributed by atoms with Crippen LogP contribution in [0, 0.1) is 11.6 Å². The topological polar surface area (TPSA) is 68.3 Å². The number of benzene rings is 2. The van der Waals surface area contributed by atoms with Crippen molar-refractivity contribution in [3.05, 3.63) is 77.5 Å². The molecule has 0 aliphatic rings. The van der Waals surface area contributed by atoms with Gasteiger partial charge >= 0.3 is 5.97 Å². The third kappa shape index (κ3) is 4.44. The molecule has 1 N–H and O–H groups in total. The summed E-state index contributed by atoms with van der Waals surface area (Å²) < 4.78 is 31.4. The highest BCUT2D eigenvalue weighted by Gasteiger charge is 2.24. The molecule has 0 saturated carbocycles. The molecule has 1 atom stereocenters. The third-order valence-corrected chi connectivity index (χ3v) is 3.99. The van der Waals surface area contributed by atoms with Crippen LogP contribution in [-0.4, -0.2) is 30.0 Å². The number of para-hydroxylation sites is 1. The predicted octanol–water partition coefficient (Wildman–Crippen LogP) is 3.03. The van der Waals surface area contributed by atoms with E-state index in [0.29, 0.717) is 11.8 Å². The van der Waals surface area contributed by atoms with Gasteiger partial charge in [-0.05, 0) is 24.3 Å². The molecule has 5 nitrogen and oxygen atoms in total. The van der Waals surface area contributed by atoms with Crippen LogP contribution in [0.25, 0.3) is 10.9 Å². The molecule has 7 heteroatoms. The summed E-state index contributed by atoms with van der Waals surface area (Å²) in [5, 5.41) is 3.39. The second-order valence-corrected chi connectivity index (χ2v) is 5.91. The van der Waals surface area contributed by atoms with Crippen molar-refractivity contribution in [2.75, 3.05) is 7.11 Å². The van der Waals surface area contributed by atoms with Crippen LogP contribution in [0.5, 0.6) is 0 Å². The molecule has 1 heterocycles. The maximum absolute atomic E-state index is 13.3. The van der Waals surface area contributed by atoms with Crippen molar-refractivity contribution in [3.63, 3.8) is 0 Å². The minimum Gasteiger partial charge on any atom is -0.467 e. The van der Waals surface area contributed by atoms with Gasteiger partial charge in [-0.2, -0.15) is 0 Å². The van der Waals surface area contributed by atoms with Crippen molar-refractivity contribution >= 4 is 22.8 Å². The van der Waals surface area contributed by atoms with Gasteiger partial charge < -0.3 is 10.1 Å². The summed E-state index contributed by atoms with van der Waals surface area (Å²) >= 11 is 0. The van der Waals surface area contributed by atoms with Crippen molar-refractivity contribution < 1.29 is 23.1 Å². The summed E-state index contributed by atoms with van der Waals surface area (Å²) in [6.45, 7) is 0. The Kier molecular flexibility index (Phi) is 5.40. The fourth-order valence-corrected chi connectivity index (χ4v) is 2.69. The monoisotopic (exact) mass is 370 g/mol. The van der Waals surface area contributed by atoms with E-state index in [1.807, 2.05) is 30.3 Å². The van der Waals surface area contributed by atoms with Crippen LogP contribution < -0.4 is 5.32 Å². The number of fused-ring (bicyclic) bond motifs is 1. The molecule has 0 radical (unpaired) electrons. The molecular formula is C20H16F2N2O3. The Bertz CT molecular complexity index is 987. The van der Waals surface area contributed by atoms with Crippen molar-refractivity contribution in [1.82, 2.24) is 10.3 Å². The molecule has 3 aromatic rings. The molecule has 1 aromatic heterocycles. The van der Waals surface area contributed by atoms with E-state index in [0.717, 1.165) is 23.0 Å². The lowest BCUT2D eigenvalue weighted by Gasteiger charge is -2.16. The van der Waals surface area contributed by atoms with E-state index in [1.165, 1.54) is 7.11 Å². The number of methoxy groups -OCH3 is 1. The number of ether oxygens (including phenoxy) is 1. The SMILES string of the molecule is COC(=O)[C@H](Cc1ccc2ccccc2n1)NC(=O)c1cc(F)cc(F)c1. The number of carbonyl (C=O) groups is 2. The standard InChI is InChI=1S/C20H16F2N2O3/c1-27-20(26)18(24-19(25)13-8-14(21)10-15(22)9-13)11-16-7-6-12-4-2-3-5-17(12)23-16/h2-10,18H,11H2,1H3,(H,24,25)/t18-/m0/s1. The molecule has 0 spiro atoms. The van der Waals surface area contributed by atoms with Crippen LogP contribution in [0.3, 0.4) is 0 Å². The predicted molar refractivity (Wildman–Crippen MR) is 95.1 cm³/mol. The first-order valence-electron chi connectivity index (χ1n) is 8.16. The van der Waals surface area contributed by atoms with Crippen LogP contribution in [-0.2, 0) is 16.0 Å². The van der Waals surface area contributed by atoms with Gasteiger partial charge in [0, 0.05) is 29.1 Å². The highest BCUT2D eigenvalue weighted by molar-refractivity contribution is 5.96. The molecule has 3 rings (SSSR count). The van der Waals surface area contributed by atoms with Crippen LogP contribution in [0.1, 0.15) is 16.1 Å². The lowest BCUT2D eigenvalue weighted by atomic mass is 10.1. The Hall–Kier alpha value is -3.35. The van der Waals surface area contributed by atoms with E-state index in [4.69, 9.17) is 4.74 Å². The number of hydrogen-bond donors (Lipinski definition) is 1. The number of nitrogens with one attached hydrogen (secondary N) is 1. The molecule has 0 unspecified atom stereocenters. The van der Waals surface area contributed by atoms with Gasteiger partial charge in [0.25, 0.3) is 5.91 Å². The minimum absolute atomic E-state index is 0.0705. The number of amides is 1. The van der Waals surface area contributed by atoms with Gasteiger partial charge in [-0.1, -0.05) is 24.3 Å². The van der Waals surface area contributed by atoms with Gasteiger partial charge in [-0.15, -0.1) is 0 Å². The average molecular weight is 370 g/mol. The normalized spacial score (nSPS) is 11.8. The number of halogens is 2. The number of pyridine rings is 1. The third-order valence-electron chi connectivity index (χ3n) is 3.99.